The number of aromatic nitrogens is 1. The van der Waals surface area contributed by atoms with Crippen LogP contribution in [-0.4, -0.2) is 4.98 Å². The van der Waals surface area contributed by atoms with E-state index in [1.807, 2.05) is 31.2 Å². The van der Waals surface area contributed by atoms with Gasteiger partial charge >= 0.3 is 0 Å². The number of oxazole rings is 1. The van der Waals surface area contributed by atoms with Crippen molar-refractivity contribution in [3.8, 4) is 11.3 Å². The molecule has 0 atom stereocenters. The standard InChI is InChI=1S/C11H12N2O/c1-8-13-11(7-14-8)10-5-3-2-4-9(10)6-12/h2-5,7H,6,12H2,1H3. The normalized spacial score (nSPS) is 10.4. The van der Waals surface area contributed by atoms with Gasteiger partial charge in [-0.3, -0.25) is 0 Å². The molecule has 1 heterocycles. The second-order valence-electron chi connectivity index (χ2n) is 3.11. The van der Waals surface area contributed by atoms with E-state index in [1.54, 1.807) is 6.26 Å². The zero-order chi connectivity index (χ0) is 9.97. The van der Waals surface area contributed by atoms with Crippen molar-refractivity contribution in [1.29, 1.82) is 0 Å². The van der Waals surface area contributed by atoms with Crippen LogP contribution in [0.3, 0.4) is 0 Å². The Morgan fingerprint density at radius 3 is 2.79 bits per heavy atom. The molecular formula is C11H12N2O. The second-order valence-corrected chi connectivity index (χ2v) is 3.11. The van der Waals surface area contributed by atoms with Crippen LogP contribution in [0.2, 0.25) is 0 Å². The Morgan fingerprint density at radius 1 is 1.36 bits per heavy atom. The Balaban J connectivity index is 2.50. The highest BCUT2D eigenvalue weighted by atomic mass is 16.3. The van der Waals surface area contributed by atoms with Crippen molar-refractivity contribution in [3.63, 3.8) is 0 Å². The summed E-state index contributed by atoms with van der Waals surface area (Å²) in [5, 5.41) is 0. The predicted molar refractivity (Wildman–Crippen MR) is 54.6 cm³/mol. The maximum atomic E-state index is 5.64. The molecule has 3 nitrogen and oxygen atoms in total. The van der Waals surface area contributed by atoms with E-state index in [0.29, 0.717) is 12.4 Å². The SMILES string of the molecule is Cc1nc(-c2ccccc2CN)co1. The first-order chi connectivity index (χ1) is 6.81. The van der Waals surface area contributed by atoms with Gasteiger partial charge in [0.1, 0.15) is 12.0 Å². The van der Waals surface area contributed by atoms with Crippen molar-refractivity contribution in [1.82, 2.24) is 4.98 Å². The molecule has 0 amide bonds. The Morgan fingerprint density at radius 2 is 2.14 bits per heavy atom. The number of rotatable bonds is 2. The van der Waals surface area contributed by atoms with Gasteiger partial charge in [-0.2, -0.15) is 0 Å². The maximum Gasteiger partial charge on any atom is 0.191 e. The minimum absolute atomic E-state index is 0.516. The largest absolute Gasteiger partial charge is 0.449 e. The Bertz CT molecular complexity index is 434. The molecule has 1 aromatic heterocycles. The van der Waals surface area contributed by atoms with Gasteiger partial charge in [-0.1, -0.05) is 24.3 Å². The Labute approximate surface area is 82.6 Å². The van der Waals surface area contributed by atoms with Gasteiger partial charge in [0.25, 0.3) is 0 Å². The van der Waals surface area contributed by atoms with Crippen LogP contribution in [0.25, 0.3) is 11.3 Å². The van der Waals surface area contributed by atoms with E-state index in [1.165, 1.54) is 0 Å². The van der Waals surface area contributed by atoms with E-state index in [2.05, 4.69) is 4.98 Å². The van der Waals surface area contributed by atoms with Crippen LogP contribution in [0.5, 0.6) is 0 Å². The van der Waals surface area contributed by atoms with Crippen molar-refractivity contribution in [2.24, 2.45) is 5.73 Å². The van der Waals surface area contributed by atoms with Crippen LogP contribution < -0.4 is 5.73 Å². The van der Waals surface area contributed by atoms with E-state index in [4.69, 9.17) is 10.2 Å². The minimum atomic E-state index is 0.516. The average molecular weight is 188 g/mol. The number of aryl methyl sites for hydroxylation is 1. The van der Waals surface area contributed by atoms with Crippen molar-refractivity contribution in [2.45, 2.75) is 13.5 Å². The zero-order valence-electron chi connectivity index (χ0n) is 8.03. The van der Waals surface area contributed by atoms with Gasteiger partial charge in [0, 0.05) is 19.0 Å². The molecule has 0 saturated carbocycles. The minimum Gasteiger partial charge on any atom is -0.449 e. The van der Waals surface area contributed by atoms with Crippen LogP contribution in [0.1, 0.15) is 11.5 Å². The van der Waals surface area contributed by atoms with Crippen LogP contribution in [0.4, 0.5) is 0 Å². The molecule has 0 aliphatic heterocycles. The highest BCUT2D eigenvalue weighted by Crippen LogP contribution is 2.22. The van der Waals surface area contributed by atoms with Crippen molar-refractivity contribution in [2.75, 3.05) is 0 Å². The molecule has 2 N–H and O–H groups in total. The molecule has 0 radical (unpaired) electrons. The molecule has 1 aromatic carbocycles. The molecule has 0 aliphatic rings. The van der Waals surface area contributed by atoms with Crippen LogP contribution in [0, 0.1) is 6.92 Å². The summed E-state index contributed by atoms with van der Waals surface area (Å²) in [7, 11) is 0. The maximum absolute atomic E-state index is 5.64. The molecule has 14 heavy (non-hydrogen) atoms. The molecular weight excluding hydrogens is 176 g/mol. The van der Waals surface area contributed by atoms with Crippen LogP contribution in [0.15, 0.2) is 34.9 Å². The molecule has 0 saturated heterocycles. The van der Waals surface area contributed by atoms with Crippen LogP contribution in [-0.2, 0) is 6.54 Å². The molecule has 2 aromatic rings. The first-order valence-corrected chi connectivity index (χ1v) is 4.51. The molecule has 0 fully saturated rings. The summed E-state index contributed by atoms with van der Waals surface area (Å²) in [6.45, 7) is 2.34. The third kappa shape index (κ3) is 1.54. The topological polar surface area (TPSA) is 52.0 Å². The number of hydrogen-bond donors (Lipinski definition) is 1. The van der Waals surface area contributed by atoms with Crippen LogP contribution >= 0.6 is 0 Å². The van der Waals surface area contributed by atoms with E-state index in [9.17, 15) is 0 Å². The monoisotopic (exact) mass is 188 g/mol. The highest BCUT2D eigenvalue weighted by Gasteiger charge is 2.06. The van der Waals surface area contributed by atoms with E-state index in [0.717, 1.165) is 16.8 Å². The summed E-state index contributed by atoms with van der Waals surface area (Å²) in [6.07, 6.45) is 1.66. The fraction of sp³-hybridized carbons (Fsp3) is 0.182. The number of nitrogens with two attached hydrogens (primary N) is 1. The van der Waals surface area contributed by atoms with Gasteiger partial charge in [0.05, 0.1) is 0 Å². The summed E-state index contributed by atoms with van der Waals surface area (Å²) in [5.41, 5.74) is 8.62. The fourth-order valence-electron chi connectivity index (χ4n) is 1.44. The summed E-state index contributed by atoms with van der Waals surface area (Å²) in [4.78, 5) is 4.27. The Hall–Kier alpha value is -1.61. The van der Waals surface area contributed by atoms with Crippen molar-refractivity contribution < 1.29 is 4.42 Å². The smallest absolute Gasteiger partial charge is 0.191 e. The van der Waals surface area contributed by atoms with Gasteiger partial charge in [0.15, 0.2) is 5.89 Å². The molecule has 0 bridgehead atoms. The van der Waals surface area contributed by atoms with E-state index >= 15 is 0 Å². The summed E-state index contributed by atoms with van der Waals surface area (Å²) >= 11 is 0. The lowest BCUT2D eigenvalue weighted by Crippen LogP contribution is -1.98. The van der Waals surface area contributed by atoms with Gasteiger partial charge in [-0.05, 0) is 5.56 Å². The molecule has 0 aliphatic carbocycles. The highest BCUT2D eigenvalue weighted by molar-refractivity contribution is 5.62. The van der Waals surface area contributed by atoms with E-state index < -0.39 is 0 Å². The third-order valence-corrected chi connectivity index (χ3v) is 2.13. The van der Waals surface area contributed by atoms with Crippen molar-refractivity contribution >= 4 is 0 Å². The molecule has 0 unspecified atom stereocenters. The van der Waals surface area contributed by atoms with E-state index in [-0.39, 0.29) is 0 Å². The van der Waals surface area contributed by atoms with Gasteiger partial charge in [-0.15, -0.1) is 0 Å². The first kappa shape index (κ1) is 8.97. The molecule has 0 spiro atoms. The lowest BCUT2D eigenvalue weighted by atomic mass is 10.1. The average Bonchev–Trinajstić information content (AvgIpc) is 2.65. The Kier molecular flexibility index (Phi) is 2.33. The lowest BCUT2D eigenvalue weighted by Gasteiger charge is -2.02. The lowest BCUT2D eigenvalue weighted by molar-refractivity contribution is 0.521. The summed E-state index contributed by atoms with van der Waals surface area (Å²) < 4.78 is 5.17. The molecule has 2 rings (SSSR count). The molecule has 72 valence electrons. The summed E-state index contributed by atoms with van der Waals surface area (Å²) in [6, 6.07) is 7.94. The summed E-state index contributed by atoms with van der Waals surface area (Å²) in [5.74, 6) is 0.673. The molecule has 3 heteroatoms. The van der Waals surface area contributed by atoms with Gasteiger partial charge in [0.2, 0.25) is 0 Å². The van der Waals surface area contributed by atoms with Gasteiger partial charge in [-0.25, -0.2) is 4.98 Å². The quantitative estimate of drug-likeness (QED) is 0.785. The van der Waals surface area contributed by atoms with Gasteiger partial charge < -0.3 is 10.2 Å². The number of hydrogen-bond acceptors (Lipinski definition) is 3. The second kappa shape index (κ2) is 3.64. The third-order valence-electron chi connectivity index (χ3n) is 2.13. The van der Waals surface area contributed by atoms with Crippen molar-refractivity contribution in [3.05, 3.63) is 42.0 Å². The fourth-order valence-corrected chi connectivity index (χ4v) is 1.44. The first-order valence-electron chi connectivity index (χ1n) is 4.51. The predicted octanol–water partition coefficient (Wildman–Crippen LogP) is 2.11. The number of benzene rings is 1. The zero-order valence-corrected chi connectivity index (χ0v) is 8.03. The number of nitrogens with zero attached hydrogens (tertiary/aromatic N) is 1.